The molecule has 1 aliphatic heterocycles. The number of ketones is 2. The molecule has 5 heteroatoms. The molecule has 0 saturated heterocycles. The first-order valence-electron chi connectivity index (χ1n) is 6.09. The van der Waals surface area contributed by atoms with Gasteiger partial charge in [-0.15, -0.1) is 0 Å². The molecule has 3 rings (SSSR count). The number of rotatable bonds is 0. The Hall–Kier alpha value is -2.56. The monoisotopic (exact) mass is 288 g/mol. The van der Waals surface area contributed by atoms with Crippen LogP contribution in [0.3, 0.4) is 0 Å². The van der Waals surface area contributed by atoms with Crippen LogP contribution in [0.25, 0.3) is 0 Å². The molecule has 0 aromatic heterocycles. The minimum atomic E-state index is -0.579. The van der Waals surface area contributed by atoms with Gasteiger partial charge in [0, 0.05) is 35.6 Å². The summed E-state index contributed by atoms with van der Waals surface area (Å²) < 4.78 is 3.97. The van der Waals surface area contributed by atoms with E-state index < -0.39 is 11.9 Å². The fraction of sp³-hybridized carbons (Fsp3) is 0.250. The van der Waals surface area contributed by atoms with Crippen molar-refractivity contribution in [1.82, 2.24) is 0 Å². The number of carbonyl (C=O) groups excluding carboxylic acids is 4. The Balaban J connectivity index is 0.000000236. The van der Waals surface area contributed by atoms with E-state index >= 15 is 0 Å². The highest BCUT2D eigenvalue weighted by molar-refractivity contribution is 6.14. The van der Waals surface area contributed by atoms with Gasteiger partial charge in [0.05, 0.1) is 0 Å². The Kier molecular flexibility index (Phi) is 5.30. The van der Waals surface area contributed by atoms with Gasteiger partial charge in [0.1, 0.15) is 0 Å². The minimum absolute atomic E-state index is 0. The molecular weight excluding hydrogens is 272 g/mol. The van der Waals surface area contributed by atoms with Gasteiger partial charge in [0.2, 0.25) is 0 Å². The number of ether oxygens (including phenoxy) is 1. The summed E-state index contributed by atoms with van der Waals surface area (Å²) in [6.07, 6.45) is 2.53. The first kappa shape index (κ1) is 16.5. The van der Waals surface area contributed by atoms with E-state index in [0.717, 1.165) is 12.2 Å². The predicted octanol–water partition coefficient (Wildman–Crippen LogP) is 2.35. The zero-order valence-corrected chi connectivity index (χ0v) is 10.8. The number of fused-ring (bicyclic) bond motifs is 1. The van der Waals surface area contributed by atoms with Crippen molar-refractivity contribution in [2.24, 2.45) is 5.92 Å². The third-order valence-electron chi connectivity index (χ3n) is 2.99. The number of cyclic esters (lactones) is 2. The van der Waals surface area contributed by atoms with Crippen molar-refractivity contribution in [3.8, 4) is 0 Å². The van der Waals surface area contributed by atoms with E-state index in [-0.39, 0.29) is 24.9 Å². The van der Waals surface area contributed by atoms with Gasteiger partial charge in [-0.05, 0) is 0 Å². The van der Waals surface area contributed by atoms with Gasteiger partial charge >= 0.3 is 11.9 Å². The first-order valence-corrected chi connectivity index (χ1v) is 6.09. The lowest BCUT2D eigenvalue weighted by Crippen LogP contribution is -2.24. The summed E-state index contributed by atoms with van der Waals surface area (Å²) in [7, 11) is 0. The van der Waals surface area contributed by atoms with Gasteiger partial charge in [-0.1, -0.05) is 38.6 Å². The van der Waals surface area contributed by atoms with E-state index in [1.54, 1.807) is 31.2 Å². The molecule has 1 aromatic carbocycles. The van der Waals surface area contributed by atoms with Crippen molar-refractivity contribution in [1.29, 1.82) is 0 Å². The van der Waals surface area contributed by atoms with Gasteiger partial charge in [-0.25, -0.2) is 9.59 Å². The standard InChI is InChI=1S/C11H10O2.C4H2O3.CH4/c1-7-6-10(12)8-4-2-3-5-9(8)11(7)13;5-3-1-2-4(6)7-3;/h2-5,7H,6H2,1H3;1-2H;1H4. The lowest BCUT2D eigenvalue weighted by atomic mass is 9.83. The summed E-state index contributed by atoms with van der Waals surface area (Å²) in [5.41, 5.74) is 1.18. The van der Waals surface area contributed by atoms with Crippen LogP contribution in [0.15, 0.2) is 36.4 Å². The Morgan fingerprint density at radius 3 is 1.95 bits per heavy atom. The molecule has 5 nitrogen and oxygen atoms in total. The van der Waals surface area contributed by atoms with E-state index in [1.807, 2.05) is 0 Å². The first-order chi connectivity index (χ1) is 9.49. The topological polar surface area (TPSA) is 77.5 Å². The van der Waals surface area contributed by atoms with E-state index in [4.69, 9.17) is 0 Å². The lowest BCUT2D eigenvalue weighted by molar-refractivity contribution is -0.150. The fourth-order valence-electron chi connectivity index (χ4n) is 1.99. The Labute approximate surface area is 122 Å². The third-order valence-corrected chi connectivity index (χ3v) is 2.99. The third kappa shape index (κ3) is 3.72. The molecule has 0 spiro atoms. The van der Waals surface area contributed by atoms with Gasteiger partial charge in [0.15, 0.2) is 11.6 Å². The summed E-state index contributed by atoms with van der Waals surface area (Å²) in [6, 6.07) is 7.04. The summed E-state index contributed by atoms with van der Waals surface area (Å²) in [5, 5.41) is 0. The molecule has 0 fully saturated rings. The quantitative estimate of drug-likeness (QED) is 0.541. The molecule has 21 heavy (non-hydrogen) atoms. The van der Waals surface area contributed by atoms with Crippen LogP contribution in [0.2, 0.25) is 0 Å². The second kappa shape index (κ2) is 6.74. The minimum Gasteiger partial charge on any atom is -0.387 e. The van der Waals surface area contributed by atoms with Crippen LogP contribution in [0.1, 0.15) is 41.5 Å². The maximum atomic E-state index is 11.6. The molecule has 2 aliphatic rings. The highest BCUT2D eigenvalue weighted by Gasteiger charge is 2.28. The van der Waals surface area contributed by atoms with E-state index in [0.29, 0.717) is 17.5 Å². The molecule has 1 heterocycles. The summed E-state index contributed by atoms with van der Waals surface area (Å²) in [4.78, 5) is 42.9. The van der Waals surface area contributed by atoms with E-state index in [2.05, 4.69) is 4.74 Å². The van der Waals surface area contributed by atoms with Gasteiger partial charge in [-0.3, -0.25) is 9.59 Å². The molecule has 1 aliphatic carbocycles. The molecule has 0 saturated carbocycles. The van der Waals surface area contributed by atoms with Crippen LogP contribution in [0, 0.1) is 5.92 Å². The molecule has 1 atom stereocenters. The maximum absolute atomic E-state index is 11.6. The molecule has 0 amide bonds. The maximum Gasteiger partial charge on any atom is 0.338 e. The van der Waals surface area contributed by atoms with Crippen molar-refractivity contribution >= 4 is 23.5 Å². The average Bonchev–Trinajstić information content (AvgIpc) is 2.81. The molecule has 110 valence electrons. The Bertz CT molecular complexity index is 611. The summed E-state index contributed by atoms with van der Waals surface area (Å²) in [6.45, 7) is 1.80. The molecular formula is C16H16O5. The van der Waals surface area contributed by atoms with Crippen LogP contribution in [-0.2, 0) is 14.3 Å². The number of hydrogen-bond donors (Lipinski definition) is 0. The van der Waals surface area contributed by atoms with Crippen LogP contribution < -0.4 is 0 Å². The number of esters is 2. The number of hydrogen-bond acceptors (Lipinski definition) is 5. The van der Waals surface area contributed by atoms with Crippen LogP contribution >= 0.6 is 0 Å². The number of benzene rings is 1. The Morgan fingerprint density at radius 2 is 1.48 bits per heavy atom. The molecule has 0 N–H and O–H groups in total. The second-order valence-electron chi connectivity index (χ2n) is 4.51. The molecule has 1 aromatic rings. The Morgan fingerprint density at radius 1 is 0.952 bits per heavy atom. The highest BCUT2D eigenvalue weighted by atomic mass is 16.6. The van der Waals surface area contributed by atoms with Crippen molar-refractivity contribution in [2.45, 2.75) is 20.8 Å². The van der Waals surface area contributed by atoms with Crippen molar-refractivity contribution in [3.63, 3.8) is 0 Å². The average molecular weight is 288 g/mol. The van der Waals surface area contributed by atoms with Gasteiger partial charge < -0.3 is 4.74 Å². The zero-order valence-electron chi connectivity index (χ0n) is 10.8. The normalized spacial score (nSPS) is 19.2. The van der Waals surface area contributed by atoms with E-state index in [1.165, 1.54) is 0 Å². The highest BCUT2D eigenvalue weighted by Crippen LogP contribution is 2.24. The largest absolute Gasteiger partial charge is 0.387 e. The molecule has 1 unspecified atom stereocenters. The lowest BCUT2D eigenvalue weighted by Gasteiger charge is -2.18. The van der Waals surface area contributed by atoms with Crippen molar-refractivity contribution in [2.75, 3.05) is 0 Å². The molecule has 0 bridgehead atoms. The van der Waals surface area contributed by atoms with Gasteiger partial charge in [-0.2, -0.15) is 0 Å². The number of carbonyl (C=O) groups is 4. The molecule has 0 radical (unpaired) electrons. The number of Topliss-reactive ketones (excluding diaryl/α,β-unsaturated/α-hetero) is 2. The zero-order chi connectivity index (χ0) is 14.7. The van der Waals surface area contributed by atoms with Crippen molar-refractivity contribution in [3.05, 3.63) is 47.5 Å². The smallest absolute Gasteiger partial charge is 0.338 e. The summed E-state index contributed by atoms with van der Waals surface area (Å²) >= 11 is 0. The van der Waals surface area contributed by atoms with Crippen LogP contribution in [-0.4, -0.2) is 23.5 Å². The fourth-order valence-corrected chi connectivity index (χ4v) is 1.99. The second-order valence-corrected chi connectivity index (χ2v) is 4.51. The SMILES string of the molecule is C.CC1CC(=O)c2ccccc2C1=O.O=C1C=CC(=O)O1. The predicted molar refractivity (Wildman–Crippen MR) is 75.9 cm³/mol. The van der Waals surface area contributed by atoms with Crippen molar-refractivity contribution < 1.29 is 23.9 Å². The van der Waals surface area contributed by atoms with E-state index in [9.17, 15) is 19.2 Å². The van der Waals surface area contributed by atoms with Gasteiger partial charge in [0.25, 0.3) is 0 Å². The van der Waals surface area contributed by atoms with Crippen LogP contribution in [0.5, 0.6) is 0 Å². The van der Waals surface area contributed by atoms with Crippen LogP contribution in [0.4, 0.5) is 0 Å². The summed E-state index contributed by atoms with van der Waals surface area (Å²) in [5.74, 6) is -1.13.